The van der Waals surface area contributed by atoms with Crippen LogP contribution in [0.3, 0.4) is 0 Å². The number of hydrogen-bond donors (Lipinski definition) is 0. The molecule has 2 rings (SSSR count). The van der Waals surface area contributed by atoms with E-state index in [4.69, 9.17) is 4.74 Å². The van der Waals surface area contributed by atoms with Crippen LogP contribution in [0.2, 0.25) is 0 Å². The minimum absolute atomic E-state index is 0.143. The fraction of sp³-hybridized carbons (Fsp3) is 0.652. The quantitative estimate of drug-likeness (QED) is 0.473. The lowest BCUT2D eigenvalue weighted by molar-refractivity contribution is -0.271. The number of hydrogen-bond acceptors (Lipinski definition) is 3. The first kappa shape index (κ1) is 23.9. The Kier molecular flexibility index (Phi) is 9.66. The molecule has 6 heteroatoms. The predicted octanol–water partition coefficient (Wildman–Crippen LogP) is 5.48. The summed E-state index contributed by atoms with van der Waals surface area (Å²) in [5.41, 5.74) is 2.46. The van der Waals surface area contributed by atoms with Crippen LogP contribution in [-0.4, -0.2) is 55.0 Å². The summed E-state index contributed by atoms with van der Waals surface area (Å²) in [6.45, 7) is 9.07. The van der Waals surface area contributed by atoms with Crippen LogP contribution in [0.5, 0.6) is 0 Å². The molecule has 0 radical (unpaired) electrons. The minimum Gasteiger partial charge on any atom is -0.354 e. The molecule has 0 spiro atoms. The van der Waals surface area contributed by atoms with Crippen molar-refractivity contribution in [3.63, 3.8) is 0 Å². The van der Waals surface area contributed by atoms with Gasteiger partial charge in [0.25, 0.3) is 0 Å². The topological polar surface area (TPSA) is 15.7 Å². The second-order valence-corrected chi connectivity index (χ2v) is 8.32. The summed E-state index contributed by atoms with van der Waals surface area (Å²) in [6.07, 6.45) is -1.40. The van der Waals surface area contributed by atoms with Crippen molar-refractivity contribution in [2.45, 2.75) is 59.0 Å². The molecule has 1 heterocycles. The predicted molar refractivity (Wildman–Crippen MR) is 112 cm³/mol. The number of ether oxygens (including phenoxy) is 1. The van der Waals surface area contributed by atoms with Crippen LogP contribution in [0.4, 0.5) is 13.2 Å². The highest BCUT2D eigenvalue weighted by atomic mass is 19.4. The van der Waals surface area contributed by atoms with Gasteiger partial charge in [-0.2, -0.15) is 13.2 Å². The average molecular weight is 413 g/mol. The van der Waals surface area contributed by atoms with Crippen molar-refractivity contribution >= 4 is 0 Å². The monoisotopic (exact) mass is 412 g/mol. The zero-order valence-corrected chi connectivity index (χ0v) is 17.9. The summed E-state index contributed by atoms with van der Waals surface area (Å²) in [4.78, 5) is 3.64. The molecule has 1 aromatic rings. The number of alkyl halides is 3. The van der Waals surface area contributed by atoms with Gasteiger partial charge < -0.3 is 4.74 Å². The van der Waals surface area contributed by atoms with Crippen molar-refractivity contribution in [3.8, 4) is 0 Å². The maximum atomic E-state index is 13.6. The molecule has 1 aliphatic heterocycles. The Hall–Kier alpha value is -1.37. The Morgan fingerprint density at radius 3 is 2.31 bits per heavy atom. The zero-order valence-electron chi connectivity index (χ0n) is 17.9. The molecule has 0 amide bonds. The van der Waals surface area contributed by atoms with E-state index in [0.29, 0.717) is 38.5 Å². The zero-order chi connectivity index (χ0) is 21.3. The molecular weight excluding hydrogens is 377 g/mol. The molecule has 3 nitrogen and oxygen atoms in total. The van der Waals surface area contributed by atoms with Crippen molar-refractivity contribution in [2.75, 3.05) is 32.8 Å². The maximum absolute atomic E-state index is 13.6. The minimum atomic E-state index is -4.37. The van der Waals surface area contributed by atoms with Crippen LogP contribution >= 0.6 is 0 Å². The van der Waals surface area contributed by atoms with Gasteiger partial charge in [0.15, 0.2) is 0 Å². The van der Waals surface area contributed by atoms with E-state index in [1.165, 1.54) is 16.0 Å². The first-order chi connectivity index (χ1) is 13.8. The van der Waals surface area contributed by atoms with Gasteiger partial charge in [-0.1, -0.05) is 48.9 Å². The molecule has 29 heavy (non-hydrogen) atoms. The fourth-order valence-electron chi connectivity index (χ4n) is 3.59. The van der Waals surface area contributed by atoms with Crippen molar-refractivity contribution in [1.29, 1.82) is 0 Å². The summed E-state index contributed by atoms with van der Waals surface area (Å²) in [6, 6.07) is 10.0. The second kappa shape index (κ2) is 11.7. The van der Waals surface area contributed by atoms with E-state index >= 15 is 0 Å². The van der Waals surface area contributed by atoms with E-state index in [0.717, 1.165) is 19.4 Å². The molecule has 0 aliphatic carbocycles. The van der Waals surface area contributed by atoms with Gasteiger partial charge in [0.2, 0.25) is 6.23 Å². The van der Waals surface area contributed by atoms with Gasteiger partial charge >= 0.3 is 6.18 Å². The Labute approximate surface area is 173 Å². The number of allylic oxidation sites excluding steroid dienone is 2. The number of piperazine rings is 1. The third-order valence-electron chi connectivity index (χ3n) is 5.37. The third-order valence-corrected chi connectivity index (χ3v) is 5.37. The summed E-state index contributed by atoms with van der Waals surface area (Å²) in [7, 11) is 0. The largest absolute Gasteiger partial charge is 0.428 e. The van der Waals surface area contributed by atoms with Gasteiger partial charge in [0, 0.05) is 39.3 Å². The third kappa shape index (κ3) is 8.89. The molecule has 1 aromatic carbocycles. The molecule has 0 bridgehead atoms. The number of rotatable bonds is 10. The maximum Gasteiger partial charge on any atom is 0.428 e. The first-order valence-electron chi connectivity index (χ1n) is 10.6. The van der Waals surface area contributed by atoms with Crippen LogP contribution < -0.4 is 0 Å². The van der Waals surface area contributed by atoms with Gasteiger partial charge in [0.1, 0.15) is 0 Å². The Morgan fingerprint density at radius 2 is 1.72 bits per heavy atom. The smallest absolute Gasteiger partial charge is 0.354 e. The molecule has 1 aliphatic rings. The van der Waals surface area contributed by atoms with E-state index in [2.05, 4.69) is 31.7 Å². The van der Waals surface area contributed by atoms with Crippen molar-refractivity contribution in [2.24, 2.45) is 5.92 Å². The van der Waals surface area contributed by atoms with Crippen LogP contribution in [0.15, 0.2) is 42.0 Å². The molecule has 164 valence electrons. The van der Waals surface area contributed by atoms with Crippen LogP contribution in [0.25, 0.3) is 0 Å². The SMILES string of the molecule is CC(C)=CCCC(C)CCOC(N1CCN(Cc2ccccc2)CC1)C(F)(F)F. The van der Waals surface area contributed by atoms with E-state index in [9.17, 15) is 13.2 Å². The summed E-state index contributed by atoms with van der Waals surface area (Å²) in [5, 5.41) is 0. The standard InChI is InChI=1S/C23H35F3N2O/c1-19(2)8-7-9-20(3)12-17-29-22(23(24,25)26)28-15-13-27(14-16-28)18-21-10-5-4-6-11-21/h4-6,8,10-11,20,22H,7,9,12-18H2,1-3H3. The number of halogens is 3. The molecule has 0 aromatic heterocycles. The lowest BCUT2D eigenvalue weighted by Crippen LogP contribution is -2.55. The number of benzene rings is 1. The van der Waals surface area contributed by atoms with E-state index < -0.39 is 12.4 Å². The van der Waals surface area contributed by atoms with E-state index in [-0.39, 0.29) is 6.61 Å². The lowest BCUT2D eigenvalue weighted by atomic mass is 10.0. The molecule has 0 saturated carbocycles. The van der Waals surface area contributed by atoms with Crippen LogP contribution in [0, 0.1) is 5.92 Å². The molecular formula is C23H35F3N2O. The molecule has 1 saturated heterocycles. The van der Waals surface area contributed by atoms with Crippen molar-refractivity contribution < 1.29 is 17.9 Å². The lowest BCUT2D eigenvalue weighted by Gasteiger charge is -2.39. The second-order valence-electron chi connectivity index (χ2n) is 8.32. The summed E-state index contributed by atoms with van der Waals surface area (Å²) >= 11 is 0. The van der Waals surface area contributed by atoms with Crippen molar-refractivity contribution in [1.82, 2.24) is 9.80 Å². The van der Waals surface area contributed by atoms with Crippen LogP contribution in [0.1, 0.15) is 45.6 Å². The van der Waals surface area contributed by atoms with Gasteiger partial charge in [-0.15, -0.1) is 0 Å². The van der Waals surface area contributed by atoms with Gasteiger partial charge in [-0.05, 0) is 44.6 Å². The Bertz CT molecular complexity index is 606. The number of nitrogens with zero attached hydrogens (tertiary/aromatic N) is 2. The molecule has 2 unspecified atom stereocenters. The fourth-order valence-corrected chi connectivity index (χ4v) is 3.59. The first-order valence-corrected chi connectivity index (χ1v) is 10.6. The Balaban J connectivity index is 1.78. The molecule has 1 fully saturated rings. The van der Waals surface area contributed by atoms with Crippen LogP contribution in [-0.2, 0) is 11.3 Å². The van der Waals surface area contributed by atoms with Gasteiger partial charge in [-0.25, -0.2) is 0 Å². The van der Waals surface area contributed by atoms with E-state index in [1.54, 1.807) is 0 Å². The highest BCUT2D eigenvalue weighted by molar-refractivity contribution is 5.14. The highest BCUT2D eigenvalue weighted by Crippen LogP contribution is 2.27. The van der Waals surface area contributed by atoms with E-state index in [1.807, 2.05) is 30.3 Å². The molecule has 2 atom stereocenters. The average Bonchev–Trinajstić information content (AvgIpc) is 2.66. The van der Waals surface area contributed by atoms with Crippen molar-refractivity contribution in [3.05, 3.63) is 47.5 Å². The van der Waals surface area contributed by atoms with Gasteiger partial charge in [0.05, 0.1) is 0 Å². The Morgan fingerprint density at radius 1 is 1.07 bits per heavy atom. The highest BCUT2D eigenvalue weighted by Gasteiger charge is 2.45. The molecule has 0 N–H and O–H groups in total. The summed E-state index contributed by atoms with van der Waals surface area (Å²) < 4.78 is 46.1. The van der Waals surface area contributed by atoms with Gasteiger partial charge in [-0.3, -0.25) is 9.80 Å². The normalized spacial score (nSPS) is 18.4. The summed E-state index contributed by atoms with van der Waals surface area (Å²) in [5.74, 6) is 0.349.